The molecule has 4 rings (SSSR count). The van der Waals surface area contributed by atoms with E-state index in [0.29, 0.717) is 24.2 Å². The zero-order chi connectivity index (χ0) is 18.9. The molecule has 1 saturated carbocycles. The van der Waals surface area contributed by atoms with Gasteiger partial charge in [0.15, 0.2) is 0 Å². The van der Waals surface area contributed by atoms with Crippen LogP contribution in [-0.4, -0.2) is 64.8 Å². The van der Waals surface area contributed by atoms with Gasteiger partial charge in [0.25, 0.3) is 0 Å². The van der Waals surface area contributed by atoms with Crippen molar-refractivity contribution in [1.82, 2.24) is 14.9 Å². The monoisotopic (exact) mass is 374 g/mol. The lowest BCUT2D eigenvalue weighted by molar-refractivity contribution is -0.142. The second-order valence-corrected chi connectivity index (χ2v) is 8.37. The molecule has 0 radical (unpaired) electrons. The topological polar surface area (TPSA) is 78.8 Å². The fourth-order valence-corrected chi connectivity index (χ4v) is 4.93. The van der Waals surface area contributed by atoms with E-state index in [2.05, 4.69) is 19.8 Å². The zero-order valence-corrected chi connectivity index (χ0v) is 16.1. The Balaban J connectivity index is 1.40. The van der Waals surface area contributed by atoms with Gasteiger partial charge in [0.05, 0.1) is 13.2 Å². The van der Waals surface area contributed by atoms with Crippen LogP contribution >= 0.6 is 0 Å². The van der Waals surface area contributed by atoms with E-state index in [-0.39, 0.29) is 11.5 Å². The SMILES string of the molecule is COc1ccnc(N2CCC3(CCC(=O)N(C4CCC(O)CC4)C3)CC2)n1. The standard InChI is InChI=1S/C20H30N4O3/c1-27-17-7-11-21-19(22-17)23-12-9-20(10-13-23)8-6-18(26)24(14-20)15-2-4-16(25)5-3-15/h7,11,15-16,25H,2-6,8-10,12-14H2,1H3. The van der Waals surface area contributed by atoms with Crippen LogP contribution in [0.1, 0.15) is 51.4 Å². The van der Waals surface area contributed by atoms with Gasteiger partial charge >= 0.3 is 0 Å². The van der Waals surface area contributed by atoms with Gasteiger partial charge in [-0.15, -0.1) is 0 Å². The number of aliphatic hydroxyl groups is 1. The van der Waals surface area contributed by atoms with E-state index in [4.69, 9.17) is 4.74 Å². The first kappa shape index (κ1) is 18.5. The Labute approximate surface area is 160 Å². The molecule has 0 unspecified atom stereocenters. The van der Waals surface area contributed by atoms with Crippen molar-refractivity contribution < 1.29 is 14.6 Å². The maximum atomic E-state index is 12.6. The maximum absolute atomic E-state index is 12.6. The molecule has 7 heteroatoms. The van der Waals surface area contributed by atoms with Crippen molar-refractivity contribution in [1.29, 1.82) is 0 Å². The highest BCUT2D eigenvalue weighted by Gasteiger charge is 2.43. The van der Waals surface area contributed by atoms with Crippen LogP contribution in [0.5, 0.6) is 5.88 Å². The smallest absolute Gasteiger partial charge is 0.228 e. The van der Waals surface area contributed by atoms with Gasteiger partial charge in [-0.2, -0.15) is 4.98 Å². The number of hydrogen-bond donors (Lipinski definition) is 1. The van der Waals surface area contributed by atoms with Gasteiger partial charge in [-0.1, -0.05) is 0 Å². The molecule has 3 aliphatic rings. The predicted molar refractivity (Wildman–Crippen MR) is 102 cm³/mol. The minimum Gasteiger partial charge on any atom is -0.481 e. The summed E-state index contributed by atoms with van der Waals surface area (Å²) in [7, 11) is 1.62. The van der Waals surface area contributed by atoms with Crippen LogP contribution in [0.3, 0.4) is 0 Å². The van der Waals surface area contributed by atoms with Gasteiger partial charge in [0, 0.05) is 44.4 Å². The number of aromatic nitrogens is 2. The first-order chi connectivity index (χ1) is 13.1. The number of aliphatic hydroxyl groups excluding tert-OH is 1. The molecule has 3 heterocycles. The third-order valence-electron chi connectivity index (χ3n) is 6.74. The molecular weight excluding hydrogens is 344 g/mol. The molecule has 1 N–H and O–H groups in total. The molecule has 0 bridgehead atoms. The molecule has 27 heavy (non-hydrogen) atoms. The number of nitrogens with zero attached hydrogens (tertiary/aromatic N) is 4. The van der Waals surface area contributed by atoms with Crippen LogP contribution < -0.4 is 9.64 Å². The van der Waals surface area contributed by atoms with E-state index in [1.807, 2.05) is 0 Å². The minimum absolute atomic E-state index is 0.179. The van der Waals surface area contributed by atoms with Gasteiger partial charge < -0.3 is 19.6 Å². The summed E-state index contributed by atoms with van der Waals surface area (Å²) in [5.41, 5.74) is 0.222. The normalized spacial score (nSPS) is 28.4. The molecule has 1 aromatic heterocycles. The van der Waals surface area contributed by atoms with Gasteiger partial charge in [-0.05, 0) is 50.4 Å². The number of likely N-dealkylation sites (tertiary alicyclic amines) is 1. The molecular formula is C20H30N4O3. The lowest BCUT2D eigenvalue weighted by Gasteiger charge is -2.50. The predicted octanol–water partition coefficient (Wildman–Crippen LogP) is 2.00. The molecule has 1 amide bonds. The van der Waals surface area contributed by atoms with Crippen molar-refractivity contribution in [2.45, 2.75) is 63.5 Å². The van der Waals surface area contributed by atoms with E-state index in [1.54, 1.807) is 19.4 Å². The van der Waals surface area contributed by atoms with Gasteiger partial charge in [-0.25, -0.2) is 4.98 Å². The number of anilines is 1. The Morgan fingerprint density at radius 3 is 2.63 bits per heavy atom. The molecule has 1 aromatic rings. The molecule has 1 spiro atoms. The largest absolute Gasteiger partial charge is 0.481 e. The lowest BCUT2D eigenvalue weighted by atomic mass is 9.71. The third-order valence-corrected chi connectivity index (χ3v) is 6.74. The number of rotatable bonds is 3. The molecule has 148 valence electrons. The van der Waals surface area contributed by atoms with Gasteiger partial charge in [0.1, 0.15) is 0 Å². The Kier molecular flexibility index (Phi) is 5.21. The molecule has 3 fully saturated rings. The number of hydrogen-bond acceptors (Lipinski definition) is 6. The maximum Gasteiger partial charge on any atom is 0.228 e. The number of carbonyl (C=O) groups excluding carboxylic acids is 1. The van der Waals surface area contributed by atoms with Gasteiger partial charge in [0.2, 0.25) is 17.7 Å². The summed E-state index contributed by atoms with van der Waals surface area (Å²) in [6, 6.07) is 2.08. The first-order valence-corrected chi connectivity index (χ1v) is 10.2. The Morgan fingerprint density at radius 2 is 1.93 bits per heavy atom. The zero-order valence-electron chi connectivity index (χ0n) is 16.1. The summed E-state index contributed by atoms with van der Waals surface area (Å²) in [4.78, 5) is 25.8. The summed E-state index contributed by atoms with van der Waals surface area (Å²) in [6.07, 6.45) is 8.86. The number of piperidine rings is 2. The van der Waals surface area contributed by atoms with Crippen LogP contribution in [0, 0.1) is 5.41 Å². The number of amides is 1. The van der Waals surface area contributed by atoms with E-state index in [9.17, 15) is 9.90 Å². The quantitative estimate of drug-likeness (QED) is 0.872. The van der Waals surface area contributed by atoms with Crippen LogP contribution in [-0.2, 0) is 4.79 Å². The second kappa shape index (κ2) is 7.62. The number of methoxy groups -OCH3 is 1. The summed E-state index contributed by atoms with van der Waals surface area (Å²) in [6.45, 7) is 2.70. The van der Waals surface area contributed by atoms with Crippen LogP contribution in [0.15, 0.2) is 12.3 Å². The fourth-order valence-electron chi connectivity index (χ4n) is 4.93. The van der Waals surface area contributed by atoms with Crippen molar-refractivity contribution in [2.75, 3.05) is 31.6 Å². The van der Waals surface area contributed by atoms with Crippen molar-refractivity contribution in [2.24, 2.45) is 5.41 Å². The van der Waals surface area contributed by atoms with E-state index >= 15 is 0 Å². The third kappa shape index (κ3) is 3.88. The molecule has 0 aromatic carbocycles. The number of ether oxygens (including phenoxy) is 1. The minimum atomic E-state index is -0.179. The van der Waals surface area contributed by atoms with Crippen molar-refractivity contribution >= 4 is 11.9 Å². The van der Waals surface area contributed by atoms with Crippen LogP contribution in [0.4, 0.5) is 5.95 Å². The van der Waals surface area contributed by atoms with Crippen molar-refractivity contribution in [3.05, 3.63) is 12.3 Å². The summed E-state index contributed by atoms with van der Waals surface area (Å²) in [5.74, 6) is 1.63. The summed E-state index contributed by atoms with van der Waals surface area (Å²) < 4.78 is 5.22. The van der Waals surface area contributed by atoms with Crippen LogP contribution in [0.2, 0.25) is 0 Å². The average molecular weight is 374 g/mol. The highest BCUT2D eigenvalue weighted by molar-refractivity contribution is 5.77. The van der Waals surface area contributed by atoms with E-state index in [1.165, 1.54) is 0 Å². The van der Waals surface area contributed by atoms with Crippen molar-refractivity contribution in [3.63, 3.8) is 0 Å². The summed E-state index contributed by atoms with van der Waals surface area (Å²) >= 11 is 0. The average Bonchev–Trinajstić information content (AvgIpc) is 2.71. The van der Waals surface area contributed by atoms with Gasteiger partial charge in [-0.3, -0.25) is 4.79 Å². The Bertz CT molecular complexity index is 667. The molecule has 2 aliphatic heterocycles. The summed E-state index contributed by atoms with van der Waals surface area (Å²) in [5, 5.41) is 9.78. The van der Waals surface area contributed by atoms with Crippen LogP contribution in [0.25, 0.3) is 0 Å². The Hall–Kier alpha value is -1.89. The highest BCUT2D eigenvalue weighted by atomic mass is 16.5. The second-order valence-electron chi connectivity index (χ2n) is 8.37. The molecule has 1 aliphatic carbocycles. The number of carbonyl (C=O) groups is 1. The first-order valence-electron chi connectivity index (χ1n) is 10.2. The highest BCUT2D eigenvalue weighted by Crippen LogP contribution is 2.42. The van der Waals surface area contributed by atoms with Crippen molar-refractivity contribution in [3.8, 4) is 5.88 Å². The van der Waals surface area contributed by atoms with E-state index in [0.717, 1.165) is 70.5 Å². The molecule has 0 atom stereocenters. The molecule has 2 saturated heterocycles. The van der Waals surface area contributed by atoms with E-state index < -0.39 is 0 Å². The molecule has 7 nitrogen and oxygen atoms in total. The Morgan fingerprint density at radius 1 is 1.19 bits per heavy atom. The lowest BCUT2D eigenvalue weighted by Crippen LogP contribution is -2.55. The fraction of sp³-hybridized carbons (Fsp3) is 0.750.